The van der Waals surface area contributed by atoms with Crippen LogP contribution in [0.1, 0.15) is 35.5 Å². The Morgan fingerprint density at radius 3 is 2.25 bits per heavy atom. The number of aryl methyl sites for hydroxylation is 1. The third-order valence-corrected chi connectivity index (χ3v) is 9.04. The molecule has 1 heterocycles. The summed E-state index contributed by atoms with van der Waals surface area (Å²) in [7, 11) is -4.12. The van der Waals surface area contributed by atoms with E-state index in [0.29, 0.717) is 22.3 Å². The molecule has 0 bridgehead atoms. The van der Waals surface area contributed by atoms with E-state index in [9.17, 15) is 27.9 Å². The molecule has 1 aromatic heterocycles. The van der Waals surface area contributed by atoms with Gasteiger partial charge in [0, 0.05) is 28.8 Å². The number of aromatic nitrogens is 1. The Bertz CT molecular complexity index is 2060. The zero-order valence-corrected chi connectivity index (χ0v) is 27.2. The molecule has 0 radical (unpaired) electrons. The molecule has 0 spiro atoms. The molecule has 6 N–H and O–H groups in total. The number of amides is 3. The number of aliphatic carboxylic acids is 1. The third-order valence-electron chi connectivity index (χ3n) is 7.56. The number of carboxylic acid groups (broad SMARTS) is 1. The lowest BCUT2D eigenvalue weighted by atomic mass is 9.97. The Morgan fingerprint density at radius 2 is 1.56 bits per heavy atom. The zero-order chi connectivity index (χ0) is 34.5. The quantitative estimate of drug-likeness (QED) is 0.100. The number of urea groups is 1. The Morgan fingerprint density at radius 1 is 0.875 bits per heavy atom. The predicted octanol–water partition coefficient (Wildman–Crippen LogP) is 5.60. The first-order valence-electron chi connectivity index (χ1n) is 14.9. The minimum Gasteiger partial charge on any atom is -0.483 e. The number of H-pyrrole nitrogens is 1. The Labute approximate surface area is 277 Å². The number of fused-ring (bicyclic) bond motifs is 1. The van der Waals surface area contributed by atoms with Gasteiger partial charge in [0.2, 0.25) is 10.0 Å². The SMILES string of the molecule is Cc1ccccc1NC(=O)Nc1ccc(C(C)(C)Oc2ccc3[nH]c(C(=O)NC[C@@H](NS(=O)(=O)c4ccccc4)C(=O)O)cc3c2)cc1. The van der Waals surface area contributed by atoms with Gasteiger partial charge in [-0.15, -0.1) is 0 Å². The molecule has 48 heavy (non-hydrogen) atoms. The number of hydrogen-bond acceptors (Lipinski definition) is 6. The van der Waals surface area contributed by atoms with Crippen LogP contribution in [-0.4, -0.2) is 49.0 Å². The molecule has 0 aliphatic carbocycles. The molecule has 0 saturated carbocycles. The fraction of sp³-hybridized carbons (Fsp3) is 0.171. The van der Waals surface area contributed by atoms with Crippen LogP contribution in [0.25, 0.3) is 10.9 Å². The molecule has 0 saturated heterocycles. The summed E-state index contributed by atoms with van der Waals surface area (Å²) in [4.78, 5) is 40.0. The van der Waals surface area contributed by atoms with Gasteiger partial charge in [-0.05, 0) is 86.5 Å². The smallest absolute Gasteiger partial charge is 0.323 e. The van der Waals surface area contributed by atoms with Gasteiger partial charge < -0.3 is 30.8 Å². The number of ether oxygens (including phenoxy) is 1. The topological polar surface area (TPSA) is 179 Å². The minimum atomic E-state index is -4.12. The molecule has 13 heteroatoms. The molecule has 3 amide bonds. The van der Waals surface area contributed by atoms with Crippen molar-refractivity contribution in [1.29, 1.82) is 0 Å². The van der Waals surface area contributed by atoms with E-state index in [1.165, 1.54) is 24.3 Å². The molecule has 248 valence electrons. The Kier molecular flexibility index (Phi) is 9.82. The van der Waals surface area contributed by atoms with Crippen LogP contribution in [0, 0.1) is 6.92 Å². The van der Waals surface area contributed by atoms with Crippen molar-refractivity contribution < 1.29 is 32.6 Å². The minimum absolute atomic E-state index is 0.0907. The summed E-state index contributed by atoms with van der Waals surface area (Å²) in [6.07, 6.45) is 0. The first-order valence-corrected chi connectivity index (χ1v) is 16.4. The molecule has 0 aliphatic rings. The maximum Gasteiger partial charge on any atom is 0.323 e. The first-order chi connectivity index (χ1) is 22.8. The molecule has 1 atom stereocenters. The zero-order valence-electron chi connectivity index (χ0n) is 26.4. The van der Waals surface area contributed by atoms with Crippen molar-refractivity contribution in [2.24, 2.45) is 0 Å². The number of hydrogen-bond donors (Lipinski definition) is 6. The second-order valence-electron chi connectivity index (χ2n) is 11.6. The maximum atomic E-state index is 12.9. The highest BCUT2D eigenvalue weighted by Crippen LogP contribution is 2.31. The summed E-state index contributed by atoms with van der Waals surface area (Å²) < 4.78 is 33.6. The summed E-state index contributed by atoms with van der Waals surface area (Å²) in [6.45, 7) is 5.25. The number of aromatic amines is 1. The van der Waals surface area contributed by atoms with Crippen LogP contribution in [0.15, 0.2) is 108 Å². The summed E-state index contributed by atoms with van der Waals surface area (Å²) in [5, 5.41) is 18.4. The van der Waals surface area contributed by atoms with Crippen molar-refractivity contribution in [3.8, 4) is 5.75 Å². The van der Waals surface area contributed by atoms with Gasteiger partial charge in [0.05, 0.1) is 4.90 Å². The standard InChI is InChI=1S/C35H35N5O7S/c1-22-9-7-8-12-28(22)39-34(44)37-25-15-13-24(14-16-25)35(2,3)47-26-17-18-29-23(19-26)20-30(38-29)32(41)36-21-31(33(42)43)40-48(45,46)27-10-5-4-6-11-27/h4-20,31,38,40H,21H2,1-3H3,(H,36,41)(H,42,43)(H2,37,39,44)/t31-/m1/s1. The highest BCUT2D eigenvalue weighted by Gasteiger charge is 2.27. The van der Waals surface area contributed by atoms with Crippen molar-refractivity contribution >= 4 is 50.2 Å². The van der Waals surface area contributed by atoms with Crippen LogP contribution in [0.3, 0.4) is 0 Å². The van der Waals surface area contributed by atoms with Gasteiger partial charge in [-0.2, -0.15) is 4.72 Å². The first kappa shape index (κ1) is 33.7. The summed E-state index contributed by atoms with van der Waals surface area (Å²) in [5.74, 6) is -1.51. The van der Waals surface area contributed by atoms with Crippen LogP contribution >= 0.6 is 0 Å². The van der Waals surface area contributed by atoms with Crippen LogP contribution in [0.2, 0.25) is 0 Å². The van der Waals surface area contributed by atoms with Crippen molar-refractivity contribution in [2.45, 2.75) is 37.3 Å². The number of para-hydroxylation sites is 1. The van der Waals surface area contributed by atoms with Gasteiger partial charge in [-0.1, -0.05) is 48.5 Å². The van der Waals surface area contributed by atoms with E-state index in [1.54, 1.807) is 42.5 Å². The highest BCUT2D eigenvalue weighted by atomic mass is 32.2. The maximum absolute atomic E-state index is 12.9. The second-order valence-corrected chi connectivity index (χ2v) is 13.3. The molecule has 12 nitrogen and oxygen atoms in total. The lowest BCUT2D eigenvalue weighted by Gasteiger charge is -2.27. The lowest BCUT2D eigenvalue weighted by Crippen LogP contribution is -2.48. The number of carbonyl (C=O) groups is 3. The van der Waals surface area contributed by atoms with E-state index in [-0.39, 0.29) is 16.6 Å². The van der Waals surface area contributed by atoms with Crippen molar-refractivity contribution in [3.05, 3.63) is 120 Å². The summed E-state index contributed by atoms with van der Waals surface area (Å²) in [5.41, 5.74) is 3.20. The largest absolute Gasteiger partial charge is 0.483 e. The molecule has 0 unspecified atom stereocenters. The lowest BCUT2D eigenvalue weighted by molar-refractivity contribution is -0.138. The highest BCUT2D eigenvalue weighted by molar-refractivity contribution is 7.89. The number of nitrogens with one attached hydrogen (secondary N) is 5. The third kappa shape index (κ3) is 8.18. The van der Waals surface area contributed by atoms with Crippen LogP contribution in [-0.2, 0) is 20.4 Å². The molecule has 5 rings (SSSR count). The average Bonchev–Trinajstić information content (AvgIpc) is 3.48. The average molecular weight is 670 g/mol. The van der Waals surface area contributed by atoms with Gasteiger partial charge in [-0.3, -0.25) is 9.59 Å². The monoisotopic (exact) mass is 669 g/mol. The molecule has 0 aliphatic heterocycles. The number of sulfonamides is 1. The number of anilines is 2. The normalized spacial score (nSPS) is 12.2. The van der Waals surface area contributed by atoms with Gasteiger partial charge >= 0.3 is 12.0 Å². The van der Waals surface area contributed by atoms with Crippen molar-refractivity contribution in [1.82, 2.24) is 15.0 Å². The van der Waals surface area contributed by atoms with Gasteiger partial charge in [0.15, 0.2) is 0 Å². The van der Waals surface area contributed by atoms with Crippen LogP contribution < -0.4 is 25.4 Å². The molecule has 0 fully saturated rings. The van der Waals surface area contributed by atoms with Crippen LogP contribution in [0.4, 0.5) is 16.2 Å². The Hall–Kier alpha value is -5.66. The summed E-state index contributed by atoms with van der Waals surface area (Å²) >= 11 is 0. The van der Waals surface area contributed by atoms with E-state index >= 15 is 0 Å². The van der Waals surface area contributed by atoms with Gasteiger partial charge in [0.25, 0.3) is 5.91 Å². The molecular weight excluding hydrogens is 634 g/mol. The number of rotatable bonds is 12. The molecular formula is C35H35N5O7S. The summed E-state index contributed by atoms with van der Waals surface area (Å²) in [6, 6.07) is 27.1. The van der Waals surface area contributed by atoms with E-state index < -0.39 is 40.1 Å². The van der Waals surface area contributed by atoms with Crippen molar-refractivity contribution in [3.63, 3.8) is 0 Å². The van der Waals surface area contributed by atoms with Crippen LogP contribution in [0.5, 0.6) is 5.75 Å². The fourth-order valence-electron chi connectivity index (χ4n) is 4.93. The predicted molar refractivity (Wildman–Crippen MR) is 183 cm³/mol. The van der Waals surface area contributed by atoms with E-state index in [2.05, 4.69) is 25.7 Å². The Balaban J connectivity index is 1.20. The fourth-order valence-corrected chi connectivity index (χ4v) is 6.14. The van der Waals surface area contributed by atoms with Gasteiger partial charge in [0.1, 0.15) is 23.1 Å². The van der Waals surface area contributed by atoms with Gasteiger partial charge in [-0.25, -0.2) is 13.2 Å². The number of carbonyl (C=O) groups excluding carboxylic acids is 2. The number of carboxylic acids is 1. The van der Waals surface area contributed by atoms with Crippen molar-refractivity contribution in [2.75, 3.05) is 17.2 Å². The molecule has 5 aromatic rings. The van der Waals surface area contributed by atoms with E-state index in [1.807, 2.05) is 57.2 Å². The number of benzene rings is 4. The van der Waals surface area contributed by atoms with E-state index in [4.69, 9.17) is 4.74 Å². The second kappa shape index (κ2) is 14.0. The molecule has 4 aromatic carbocycles. The van der Waals surface area contributed by atoms with E-state index in [0.717, 1.165) is 16.8 Å².